The van der Waals surface area contributed by atoms with Gasteiger partial charge in [-0.05, 0) is 13.8 Å². The zero-order valence-corrected chi connectivity index (χ0v) is 6.44. The van der Waals surface area contributed by atoms with Gasteiger partial charge in [0.2, 0.25) is 0 Å². The van der Waals surface area contributed by atoms with Gasteiger partial charge in [0.25, 0.3) is 0 Å². The minimum atomic E-state index is -0.693. The SMILES string of the molecule is CC(C)(C#N)n1cc(O)cn1. The molecule has 0 spiro atoms. The molecule has 58 valence electrons. The van der Waals surface area contributed by atoms with Gasteiger partial charge in [0.05, 0.1) is 18.5 Å². The molecule has 0 aromatic carbocycles. The van der Waals surface area contributed by atoms with E-state index in [1.165, 1.54) is 17.1 Å². The van der Waals surface area contributed by atoms with Crippen LogP contribution in [0.3, 0.4) is 0 Å². The lowest BCUT2D eigenvalue weighted by Gasteiger charge is -2.14. The Morgan fingerprint density at radius 1 is 1.73 bits per heavy atom. The van der Waals surface area contributed by atoms with Crippen molar-refractivity contribution in [2.45, 2.75) is 19.4 Å². The molecule has 0 saturated heterocycles. The van der Waals surface area contributed by atoms with E-state index >= 15 is 0 Å². The highest BCUT2D eigenvalue weighted by Crippen LogP contribution is 2.15. The second-order valence-corrected chi connectivity index (χ2v) is 2.81. The van der Waals surface area contributed by atoms with Crippen molar-refractivity contribution in [3.05, 3.63) is 12.4 Å². The van der Waals surface area contributed by atoms with E-state index in [2.05, 4.69) is 11.2 Å². The Balaban J connectivity index is 3.04. The van der Waals surface area contributed by atoms with Crippen LogP contribution in [0.5, 0.6) is 5.75 Å². The first-order chi connectivity index (χ1) is 5.06. The Morgan fingerprint density at radius 2 is 2.36 bits per heavy atom. The second-order valence-electron chi connectivity index (χ2n) is 2.81. The summed E-state index contributed by atoms with van der Waals surface area (Å²) in [5.41, 5.74) is -0.693. The average molecular weight is 151 g/mol. The van der Waals surface area contributed by atoms with Gasteiger partial charge < -0.3 is 5.11 Å². The molecule has 0 saturated carbocycles. The van der Waals surface area contributed by atoms with E-state index in [0.29, 0.717) is 0 Å². The normalized spacial score (nSPS) is 11.0. The summed E-state index contributed by atoms with van der Waals surface area (Å²) in [5.74, 6) is 0.0772. The van der Waals surface area contributed by atoms with Crippen molar-refractivity contribution in [2.24, 2.45) is 0 Å². The third-order valence-electron chi connectivity index (χ3n) is 1.42. The molecule has 1 aromatic heterocycles. The van der Waals surface area contributed by atoms with Gasteiger partial charge in [-0.15, -0.1) is 0 Å². The van der Waals surface area contributed by atoms with Gasteiger partial charge in [-0.1, -0.05) is 0 Å². The van der Waals surface area contributed by atoms with Gasteiger partial charge in [0.15, 0.2) is 5.75 Å². The lowest BCUT2D eigenvalue weighted by atomic mass is 10.1. The van der Waals surface area contributed by atoms with Gasteiger partial charge in [0, 0.05) is 0 Å². The molecule has 11 heavy (non-hydrogen) atoms. The second kappa shape index (κ2) is 2.27. The highest BCUT2D eigenvalue weighted by Gasteiger charge is 2.19. The fourth-order valence-corrected chi connectivity index (χ4v) is 0.670. The van der Waals surface area contributed by atoms with E-state index in [4.69, 9.17) is 10.4 Å². The number of hydrogen-bond acceptors (Lipinski definition) is 3. The highest BCUT2D eigenvalue weighted by molar-refractivity contribution is 5.12. The third-order valence-corrected chi connectivity index (χ3v) is 1.42. The molecule has 0 aliphatic rings. The maximum absolute atomic E-state index is 8.92. The summed E-state index contributed by atoms with van der Waals surface area (Å²) in [6, 6.07) is 2.06. The number of hydrogen-bond donors (Lipinski definition) is 1. The smallest absolute Gasteiger partial charge is 0.153 e. The largest absolute Gasteiger partial charge is 0.505 e. The summed E-state index contributed by atoms with van der Waals surface area (Å²) >= 11 is 0. The first kappa shape index (κ1) is 7.61. The zero-order chi connectivity index (χ0) is 8.48. The molecule has 1 aromatic rings. The third kappa shape index (κ3) is 1.32. The van der Waals surface area contributed by atoms with Crippen LogP contribution in [-0.4, -0.2) is 14.9 Å². The van der Waals surface area contributed by atoms with E-state index < -0.39 is 5.54 Å². The molecular formula is C7H9N3O. The first-order valence-corrected chi connectivity index (χ1v) is 3.21. The van der Waals surface area contributed by atoms with Crippen LogP contribution in [0.4, 0.5) is 0 Å². The van der Waals surface area contributed by atoms with Crippen molar-refractivity contribution in [3.63, 3.8) is 0 Å². The van der Waals surface area contributed by atoms with E-state index in [1.807, 2.05) is 0 Å². The Bertz CT molecular complexity index is 295. The number of rotatable bonds is 1. The van der Waals surface area contributed by atoms with E-state index in [9.17, 15) is 0 Å². The molecule has 0 amide bonds. The Kier molecular flexibility index (Phi) is 1.57. The fraction of sp³-hybridized carbons (Fsp3) is 0.429. The molecule has 1 N–H and O–H groups in total. The number of aromatic nitrogens is 2. The summed E-state index contributed by atoms with van der Waals surface area (Å²) in [6.45, 7) is 3.44. The lowest BCUT2D eigenvalue weighted by molar-refractivity contribution is 0.413. The van der Waals surface area contributed by atoms with Crippen LogP contribution >= 0.6 is 0 Å². The predicted molar refractivity (Wildman–Crippen MR) is 38.8 cm³/mol. The predicted octanol–water partition coefficient (Wildman–Crippen LogP) is 0.847. The van der Waals surface area contributed by atoms with Crippen LogP contribution in [0.1, 0.15) is 13.8 Å². The molecule has 0 bridgehead atoms. The quantitative estimate of drug-likeness (QED) is 0.647. The van der Waals surface area contributed by atoms with Gasteiger partial charge in [-0.3, -0.25) is 0 Å². The summed E-state index contributed by atoms with van der Waals surface area (Å²) in [6.07, 6.45) is 2.72. The molecule has 0 aliphatic heterocycles. The van der Waals surface area contributed by atoms with Crippen molar-refractivity contribution in [1.82, 2.24) is 9.78 Å². The molecule has 0 fully saturated rings. The zero-order valence-electron chi connectivity index (χ0n) is 6.44. The van der Waals surface area contributed by atoms with Gasteiger partial charge >= 0.3 is 0 Å². The van der Waals surface area contributed by atoms with Gasteiger partial charge in [-0.25, -0.2) is 4.68 Å². The van der Waals surface area contributed by atoms with E-state index in [-0.39, 0.29) is 5.75 Å². The van der Waals surface area contributed by atoms with Gasteiger partial charge in [-0.2, -0.15) is 10.4 Å². The fourth-order valence-electron chi connectivity index (χ4n) is 0.670. The molecule has 0 radical (unpaired) electrons. The highest BCUT2D eigenvalue weighted by atomic mass is 16.3. The Hall–Kier alpha value is -1.50. The molecule has 4 nitrogen and oxygen atoms in total. The minimum absolute atomic E-state index is 0.0772. The van der Waals surface area contributed by atoms with Crippen molar-refractivity contribution in [2.75, 3.05) is 0 Å². The minimum Gasteiger partial charge on any atom is -0.505 e. The summed E-state index contributed by atoms with van der Waals surface area (Å²) in [5, 5.41) is 21.4. The number of nitrogens with zero attached hydrogens (tertiary/aromatic N) is 3. The first-order valence-electron chi connectivity index (χ1n) is 3.21. The standard InChI is InChI=1S/C7H9N3O/c1-7(2,5-8)10-4-6(11)3-9-10/h3-4,11H,1-2H3. The summed E-state index contributed by atoms with van der Waals surface area (Å²) in [7, 11) is 0. The molecule has 0 unspecified atom stereocenters. The van der Waals surface area contributed by atoms with Crippen LogP contribution in [-0.2, 0) is 5.54 Å². The van der Waals surface area contributed by atoms with E-state index in [1.54, 1.807) is 13.8 Å². The van der Waals surface area contributed by atoms with Crippen molar-refractivity contribution in [3.8, 4) is 11.8 Å². The monoisotopic (exact) mass is 151 g/mol. The van der Waals surface area contributed by atoms with Crippen LogP contribution < -0.4 is 0 Å². The van der Waals surface area contributed by atoms with Crippen LogP contribution in [0.25, 0.3) is 0 Å². The van der Waals surface area contributed by atoms with Gasteiger partial charge in [0.1, 0.15) is 5.54 Å². The molecule has 0 aliphatic carbocycles. The van der Waals surface area contributed by atoms with Crippen molar-refractivity contribution in [1.29, 1.82) is 5.26 Å². The maximum Gasteiger partial charge on any atom is 0.153 e. The van der Waals surface area contributed by atoms with Crippen LogP contribution in [0.15, 0.2) is 12.4 Å². The molecule has 1 heterocycles. The molecule has 4 heteroatoms. The average Bonchev–Trinajstić information content (AvgIpc) is 2.36. The molecular weight excluding hydrogens is 142 g/mol. The summed E-state index contributed by atoms with van der Waals surface area (Å²) in [4.78, 5) is 0. The van der Waals surface area contributed by atoms with E-state index in [0.717, 1.165) is 0 Å². The van der Waals surface area contributed by atoms with Crippen molar-refractivity contribution >= 4 is 0 Å². The Labute approximate surface area is 64.7 Å². The van der Waals surface area contributed by atoms with Crippen LogP contribution in [0, 0.1) is 11.3 Å². The topological polar surface area (TPSA) is 61.8 Å². The summed E-state index contributed by atoms with van der Waals surface area (Å²) < 4.78 is 1.42. The number of nitriles is 1. The maximum atomic E-state index is 8.92. The lowest BCUT2D eigenvalue weighted by Crippen LogP contribution is -2.24. The Morgan fingerprint density at radius 3 is 2.73 bits per heavy atom. The molecule has 1 rings (SSSR count). The van der Waals surface area contributed by atoms with Crippen LogP contribution in [0.2, 0.25) is 0 Å². The molecule has 0 atom stereocenters. The number of aromatic hydroxyl groups is 1. The van der Waals surface area contributed by atoms with Crippen molar-refractivity contribution < 1.29 is 5.11 Å².